The van der Waals surface area contributed by atoms with Crippen LogP contribution in [-0.2, 0) is 0 Å². The highest BCUT2D eigenvalue weighted by molar-refractivity contribution is 6.00. The summed E-state index contributed by atoms with van der Waals surface area (Å²) in [7, 11) is 3.59. The summed E-state index contributed by atoms with van der Waals surface area (Å²) in [4.78, 5) is 16.5. The van der Waals surface area contributed by atoms with Crippen molar-refractivity contribution in [2.75, 3.05) is 31.3 Å². The van der Waals surface area contributed by atoms with Gasteiger partial charge in [-0.25, -0.2) is 0 Å². The summed E-state index contributed by atoms with van der Waals surface area (Å²) in [6.07, 6.45) is 6.02. The van der Waals surface area contributed by atoms with Gasteiger partial charge in [-0.3, -0.25) is 4.79 Å². The molecule has 0 radical (unpaired) electrons. The van der Waals surface area contributed by atoms with E-state index >= 15 is 0 Å². The second-order valence-electron chi connectivity index (χ2n) is 6.08. The maximum Gasteiger partial charge on any atom is 0.255 e. The van der Waals surface area contributed by atoms with Gasteiger partial charge < -0.3 is 15.5 Å². The van der Waals surface area contributed by atoms with Gasteiger partial charge in [0.2, 0.25) is 0 Å². The largest absolute Gasteiger partial charge is 0.399 e. The first-order valence-corrected chi connectivity index (χ1v) is 7.92. The Bertz CT molecular complexity index is 499. The lowest BCUT2D eigenvalue weighted by molar-refractivity contribution is 0.0828. The highest BCUT2D eigenvalue weighted by atomic mass is 16.2. The predicted octanol–water partition coefficient (Wildman–Crippen LogP) is 3.13. The fourth-order valence-electron chi connectivity index (χ4n) is 3.13. The van der Waals surface area contributed by atoms with Gasteiger partial charge >= 0.3 is 0 Å². The molecule has 1 aromatic rings. The summed E-state index contributed by atoms with van der Waals surface area (Å²) in [5.41, 5.74) is 8.47. The SMILES string of the molecule is CCC1CCCCCN1c1cc(N)ccc1C(=O)N(C)C. The average Bonchev–Trinajstić information content (AvgIpc) is 2.71. The van der Waals surface area contributed by atoms with Gasteiger partial charge in [-0.05, 0) is 37.5 Å². The topological polar surface area (TPSA) is 49.6 Å². The number of nitrogen functional groups attached to an aromatic ring is 1. The van der Waals surface area contributed by atoms with E-state index in [0.717, 1.165) is 29.9 Å². The number of rotatable bonds is 3. The summed E-state index contributed by atoms with van der Waals surface area (Å²) in [5.74, 6) is 0.0455. The standard InChI is InChI=1S/C17H27N3O/c1-4-14-8-6-5-7-11-20(14)16-12-13(18)9-10-15(16)17(21)19(2)3/h9-10,12,14H,4-8,11,18H2,1-3H3. The van der Waals surface area contributed by atoms with Crippen molar-refractivity contribution in [3.8, 4) is 0 Å². The van der Waals surface area contributed by atoms with Gasteiger partial charge in [0.05, 0.1) is 11.3 Å². The Labute approximate surface area is 127 Å². The second-order valence-corrected chi connectivity index (χ2v) is 6.08. The van der Waals surface area contributed by atoms with Crippen molar-refractivity contribution in [3.05, 3.63) is 23.8 Å². The molecule has 0 bridgehead atoms. The number of benzene rings is 1. The maximum absolute atomic E-state index is 12.5. The van der Waals surface area contributed by atoms with E-state index in [2.05, 4.69) is 11.8 Å². The number of amides is 1. The van der Waals surface area contributed by atoms with Gasteiger partial charge in [0, 0.05) is 32.4 Å². The fraction of sp³-hybridized carbons (Fsp3) is 0.588. The molecule has 2 rings (SSSR count). The number of hydrogen-bond acceptors (Lipinski definition) is 3. The van der Waals surface area contributed by atoms with E-state index in [0.29, 0.717) is 6.04 Å². The number of hydrogen-bond donors (Lipinski definition) is 1. The van der Waals surface area contributed by atoms with Crippen molar-refractivity contribution in [2.24, 2.45) is 0 Å². The summed E-state index contributed by atoms with van der Waals surface area (Å²) < 4.78 is 0. The molecule has 1 aromatic carbocycles. The molecule has 1 aliphatic heterocycles. The molecule has 1 fully saturated rings. The molecule has 0 spiro atoms. The third-order valence-corrected chi connectivity index (χ3v) is 4.32. The van der Waals surface area contributed by atoms with E-state index in [4.69, 9.17) is 5.73 Å². The van der Waals surface area contributed by atoms with Crippen LogP contribution in [0.25, 0.3) is 0 Å². The molecule has 4 heteroatoms. The molecule has 1 aliphatic rings. The van der Waals surface area contributed by atoms with Crippen LogP contribution < -0.4 is 10.6 Å². The Morgan fingerprint density at radius 2 is 2.10 bits per heavy atom. The molecule has 0 aromatic heterocycles. The molecule has 21 heavy (non-hydrogen) atoms. The van der Waals surface area contributed by atoms with Crippen LogP contribution in [0.1, 0.15) is 49.4 Å². The first-order chi connectivity index (χ1) is 10.0. The molecule has 116 valence electrons. The predicted molar refractivity (Wildman–Crippen MR) is 88.8 cm³/mol. The van der Waals surface area contributed by atoms with Gasteiger partial charge in [0.25, 0.3) is 5.91 Å². The minimum Gasteiger partial charge on any atom is -0.399 e. The molecule has 1 heterocycles. The van der Waals surface area contributed by atoms with Gasteiger partial charge in [-0.15, -0.1) is 0 Å². The number of carbonyl (C=O) groups is 1. The van der Waals surface area contributed by atoms with Crippen LogP contribution in [-0.4, -0.2) is 37.5 Å². The Hall–Kier alpha value is -1.71. The van der Waals surface area contributed by atoms with Crippen molar-refractivity contribution in [1.82, 2.24) is 4.90 Å². The normalized spacial score (nSPS) is 19.2. The molecule has 2 N–H and O–H groups in total. The summed E-state index contributed by atoms with van der Waals surface area (Å²) in [6.45, 7) is 3.23. The summed E-state index contributed by atoms with van der Waals surface area (Å²) in [5, 5.41) is 0. The average molecular weight is 289 g/mol. The van der Waals surface area contributed by atoms with Crippen LogP contribution in [0.15, 0.2) is 18.2 Å². The van der Waals surface area contributed by atoms with E-state index < -0.39 is 0 Å². The first-order valence-electron chi connectivity index (χ1n) is 7.92. The fourth-order valence-corrected chi connectivity index (χ4v) is 3.13. The van der Waals surface area contributed by atoms with Crippen LogP contribution in [0.5, 0.6) is 0 Å². The highest BCUT2D eigenvalue weighted by Gasteiger charge is 2.24. The third-order valence-electron chi connectivity index (χ3n) is 4.32. The maximum atomic E-state index is 12.5. The smallest absolute Gasteiger partial charge is 0.255 e. The summed E-state index contributed by atoms with van der Waals surface area (Å²) in [6, 6.07) is 6.15. The van der Waals surface area contributed by atoms with Crippen LogP contribution in [0, 0.1) is 0 Å². The van der Waals surface area contributed by atoms with Crippen LogP contribution in [0.4, 0.5) is 11.4 Å². The zero-order valence-electron chi connectivity index (χ0n) is 13.4. The molecular weight excluding hydrogens is 262 g/mol. The van der Waals surface area contributed by atoms with E-state index in [1.54, 1.807) is 19.0 Å². The van der Waals surface area contributed by atoms with Crippen molar-refractivity contribution in [3.63, 3.8) is 0 Å². The van der Waals surface area contributed by atoms with E-state index in [-0.39, 0.29) is 5.91 Å². The van der Waals surface area contributed by atoms with Crippen LogP contribution in [0.3, 0.4) is 0 Å². The number of nitrogens with zero attached hydrogens (tertiary/aromatic N) is 2. The second kappa shape index (κ2) is 6.83. The van der Waals surface area contributed by atoms with Crippen LogP contribution in [0.2, 0.25) is 0 Å². The third kappa shape index (κ3) is 3.49. The minimum atomic E-state index is 0.0455. The molecule has 1 amide bonds. The lowest BCUT2D eigenvalue weighted by atomic mass is 10.0. The van der Waals surface area contributed by atoms with E-state index in [9.17, 15) is 4.79 Å². The lowest BCUT2D eigenvalue weighted by Gasteiger charge is -2.33. The molecule has 0 saturated carbocycles. The van der Waals surface area contributed by atoms with Gasteiger partial charge in [0.1, 0.15) is 0 Å². The number of carbonyl (C=O) groups excluding carboxylic acids is 1. The quantitative estimate of drug-likeness (QED) is 0.870. The highest BCUT2D eigenvalue weighted by Crippen LogP contribution is 2.31. The first kappa shape index (κ1) is 15.7. The Morgan fingerprint density at radius 3 is 2.76 bits per heavy atom. The van der Waals surface area contributed by atoms with Crippen molar-refractivity contribution < 1.29 is 4.79 Å². The zero-order valence-corrected chi connectivity index (χ0v) is 13.4. The van der Waals surface area contributed by atoms with Crippen molar-refractivity contribution in [1.29, 1.82) is 0 Å². The van der Waals surface area contributed by atoms with Crippen LogP contribution >= 0.6 is 0 Å². The van der Waals surface area contributed by atoms with E-state index in [1.807, 2.05) is 18.2 Å². The minimum absolute atomic E-state index is 0.0455. The molecule has 4 nitrogen and oxygen atoms in total. The molecule has 1 atom stereocenters. The van der Waals surface area contributed by atoms with Gasteiger partial charge in [-0.1, -0.05) is 19.8 Å². The van der Waals surface area contributed by atoms with Gasteiger partial charge in [-0.2, -0.15) is 0 Å². The Morgan fingerprint density at radius 1 is 1.33 bits per heavy atom. The lowest BCUT2D eigenvalue weighted by Crippen LogP contribution is -2.36. The summed E-state index contributed by atoms with van der Waals surface area (Å²) >= 11 is 0. The van der Waals surface area contributed by atoms with Crippen molar-refractivity contribution in [2.45, 2.75) is 45.1 Å². The molecule has 0 aliphatic carbocycles. The Balaban J connectivity index is 2.44. The molecular formula is C17H27N3O. The van der Waals surface area contributed by atoms with Gasteiger partial charge in [0.15, 0.2) is 0 Å². The molecule has 1 saturated heterocycles. The Kier molecular flexibility index (Phi) is 5.10. The number of anilines is 2. The van der Waals surface area contributed by atoms with Crippen molar-refractivity contribution >= 4 is 17.3 Å². The zero-order chi connectivity index (χ0) is 15.4. The molecule has 1 unspecified atom stereocenters. The van der Waals surface area contributed by atoms with E-state index in [1.165, 1.54) is 25.7 Å². The monoisotopic (exact) mass is 289 g/mol. The number of nitrogens with two attached hydrogens (primary N) is 1.